The maximum Gasteiger partial charge on any atom is 0.165 e. The summed E-state index contributed by atoms with van der Waals surface area (Å²) >= 11 is 0. The highest BCUT2D eigenvalue weighted by atomic mass is 19.1. The van der Waals surface area contributed by atoms with Crippen LogP contribution in [-0.2, 0) is 13.0 Å². The number of benzene rings is 3. The smallest absolute Gasteiger partial charge is 0.165 e. The molecule has 0 saturated heterocycles. The van der Waals surface area contributed by atoms with Gasteiger partial charge in [-0.3, -0.25) is 0 Å². The summed E-state index contributed by atoms with van der Waals surface area (Å²) in [6.07, 6.45) is 4.93. The van der Waals surface area contributed by atoms with Crippen molar-refractivity contribution in [2.24, 2.45) is 0 Å². The van der Waals surface area contributed by atoms with Crippen LogP contribution in [0.15, 0.2) is 60.7 Å². The van der Waals surface area contributed by atoms with Gasteiger partial charge in [0.1, 0.15) is 6.61 Å². The third kappa shape index (κ3) is 4.78. The van der Waals surface area contributed by atoms with E-state index in [1.807, 2.05) is 49.4 Å². The number of aryl methyl sites for hydroxylation is 1. The van der Waals surface area contributed by atoms with E-state index in [2.05, 4.69) is 17.5 Å². The zero-order valence-corrected chi connectivity index (χ0v) is 18.7. The third-order valence-electron chi connectivity index (χ3n) is 5.76. The van der Waals surface area contributed by atoms with E-state index in [9.17, 15) is 4.39 Å². The second kappa shape index (κ2) is 9.88. The number of hydrogen-bond acceptors (Lipinski definition) is 4. The van der Waals surface area contributed by atoms with Gasteiger partial charge in [-0.1, -0.05) is 42.5 Å². The van der Waals surface area contributed by atoms with Gasteiger partial charge in [0.2, 0.25) is 0 Å². The largest absolute Gasteiger partial charge is 0.494 e. The van der Waals surface area contributed by atoms with Crippen LogP contribution in [0.3, 0.4) is 0 Å². The average molecular weight is 434 g/mol. The first-order valence-corrected chi connectivity index (χ1v) is 10.7. The van der Waals surface area contributed by atoms with E-state index in [1.54, 1.807) is 13.2 Å². The maximum absolute atomic E-state index is 14.2. The Morgan fingerprint density at radius 2 is 1.78 bits per heavy atom. The molecule has 1 aliphatic heterocycles. The second-order valence-corrected chi connectivity index (χ2v) is 7.86. The van der Waals surface area contributed by atoms with Crippen molar-refractivity contribution in [3.05, 3.63) is 94.3 Å². The lowest BCUT2D eigenvalue weighted by atomic mass is 9.92. The molecule has 4 nitrogen and oxygen atoms in total. The zero-order valence-electron chi connectivity index (χ0n) is 18.7. The average Bonchev–Trinajstić information content (AvgIpc) is 2.82. The summed E-state index contributed by atoms with van der Waals surface area (Å²) in [5, 5.41) is 3.53. The Morgan fingerprint density at radius 3 is 2.53 bits per heavy atom. The molecule has 0 bridgehead atoms. The molecule has 0 aliphatic carbocycles. The van der Waals surface area contributed by atoms with Crippen molar-refractivity contribution in [1.29, 1.82) is 0 Å². The van der Waals surface area contributed by atoms with Crippen molar-refractivity contribution in [3.63, 3.8) is 0 Å². The van der Waals surface area contributed by atoms with Gasteiger partial charge in [-0.15, -0.1) is 0 Å². The van der Waals surface area contributed by atoms with Gasteiger partial charge in [-0.25, -0.2) is 4.39 Å². The fraction of sp³-hybridized carbons (Fsp3) is 0.259. The lowest BCUT2D eigenvalue weighted by Gasteiger charge is -2.26. The fourth-order valence-electron chi connectivity index (χ4n) is 3.98. The third-order valence-corrected chi connectivity index (χ3v) is 5.76. The van der Waals surface area contributed by atoms with E-state index in [-0.39, 0.29) is 17.6 Å². The van der Waals surface area contributed by atoms with E-state index in [1.165, 1.54) is 18.7 Å². The highest BCUT2D eigenvalue weighted by Crippen LogP contribution is 2.36. The van der Waals surface area contributed by atoms with Crippen molar-refractivity contribution < 1.29 is 18.6 Å². The van der Waals surface area contributed by atoms with Crippen LogP contribution in [0.1, 0.15) is 33.9 Å². The van der Waals surface area contributed by atoms with Crippen molar-refractivity contribution in [3.8, 4) is 17.2 Å². The topological polar surface area (TPSA) is 39.7 Å². The van der Waals surface area contributed by atoms with Gasteiger partial charge in [0, 0.05) is 6.54 Å². The van der Waals surface area contributed by atoms with E-state index >= 15 is 0 Å². The molecule has 0 radical (unpaired) electrons. The van der Waals surface area contributed by atoms with E-state index < -0.39 is 0 Å². The number of methoxy groups -OCH3 is 2. The molecule has 0 aromatic heterocycles. The van der Waals surface area contributed by atoms with Gasteiger partial charge >= 0.3 is 0 Å². The zero-order chi connectivity index (χ0) is 22.5. The Hall–Kier alpha value is -3.31. The van der Waals surface area contributed by atoms with Crippen molar-refractivity contribution in [2.45, 2.75) is 26.0 Å². The standard InChI is InChI=1S/C27H28FNO3/c1-18-13-25(30-2)23(28)14-20(18)9-10-24-22-16-26(31-3)27(15-21(22)11-12-29-24)32-17-19-7-5-4-6-8-19/h4-10,13-16,24,29H,11-12,17H2,1-3H3. The van der Waals surface area contributed by atoms with Crippen LogP contribution >= 0.6 is 0 Å². The van der Waals surface area contributed by atoms with Crippen LogP contribution in [0.5, 0.6) is 17.2 Å². The Labute approximate surface area is 188 Å². The first-order valence-electron chi connectivity index (χ1n) is 10.7. The van der Waals surface area contributed by atoms with Crippen molar-refractivity contribution >= 4 is 6.08 Å². The fourth-order valence-corrected chi connectivity index (χ4v) is 3.98. The quantitative estimate of drug-likeness (QED) is 0.524. The Bertz CT molecular complexity index is 1110. The number of ether oxygens (including phenoxy) is 3. The molecule has 32 heavy (non-hydrogen) atoms. The summed E-state index contributed by atoms with van der Waals surface area (Å²) in [5.41, 5.74) is 5.25. The molecule has 3 aromatic rings. The van der Waals surface area contributed by atoms with Crippen LogP contribution < -0.4 is 19.5 Å². The highest BCUT2D eigenvalue weighted by Gasteiger charge is 2.21. The molecule has 1 aliphatic rings. The second-order valence-electron chi connectivity index (χ2n) is 7.86. The Balaban J connectivity index is 1.58. The lowest BCUT2D eigenvalue weighted by Crippen LogP contribution is -2.28. The molecule has 5 heteroatoms. The van der Waals surface area contributed by atoms with Gasteiger partial charge in [-0.2, -0.15) is 0 Å². The molecule has 1 unspecified atom stereocenters. The summed E-state index contributed by atoms with van der Waals surface area (Å²) in [5.74, 6) is 1.34. The molecular formula is C27H28FNO3. The Morgan fingerprint density at radius 1 is 1.00 bits per heavy atom. The minimum atomic E-state index is -0.364. The van der Waals surface area contributed by atoms with Gasteiger partial charge in [-0.05, 0) is 65.4 Å². The van der Waals surface area contributed by atoms with Crippen molar-refractivity contribution in [2.75, 3.05) is 20.8 Å². The number of halogens is 1. The first kappa shape index (κ1) is 21.9. The molecule has 3 aromatic carbocycles. The molecule has 0 saturated carbocycles. The summed E-state index contributed by atoms with van der Waals surface area (Å²) in [4.78, 5) is 0. The molecule has 1 atom stereocenters. The van der Waals surface area contributed by atoms with Crippen LogP contribution in [0.25, 0.3) is 6.08 Å². The van der Waals surface area contributed by atoms with E-state index in [4.69, 9.17) is 14.2 Å². The number of rotatable bonds is 7. The normalized spacial score (nSPS) is 15.4. The summed E-state index contributed by atoms with van der Waals surface area (Å²) < 4.78 is 30.9. The Kier molecular flexibility index (Phi) is 6.76. The number of fused-ring (bicyclic) bond motifs is 1. The number of hydrogen-bond donors (Lipinski definition) is 1. The van der Waals surface area contributed by atoms with Gasteiger partial charge in [0.15, 0.2) is 23.1 Å². The SMILES string of the molecule is COc1cc(C)c(C=CC2NCCc3cc(OCc4ccccc4)c(OC)cc32)cc1F. The van der Waals surface area contributed by atoms with E-state index in [0.29, 0.717) is 12.4 Å². The van der Waals surface area contributed by atoms with Crippen LogP contribution in [0.2, 0.25) is 0 Å². The summed E-state index contributed by atoms with van der Waals surface area (Å²) in [6, 6.07) is 17.4. The highest BCUT2D eigenvalue weighted by molar-refractivity contribution is 5.58. The minimum absolute atomic E-state index is 0.000358. The molecule has 0 amide bonds. The molecule has 4 rings (SSSR count). The van der Waals surface area contributed by atoms with Crippen molar-refractivity contribution in [1.82, 2.24) is 5.32 Å². The molecule has 0 spiro atoms. The monoisotopic (exact) mass is 433 g/mol. The summed E-state index contributed by atoms with van der Waals surface area (Å²) in [6.45, 7) is 3.28. The molecule has 1 N–H and O–H groups in total. The van der Waals surface area contributed by atoms with Gasteiger partial charge in [0.05, 0.1) is 20.3 Å². The van der Waals surface area contributed by atoms with Crippen LogP contribution in [0.4, 0.5) is 4.39 Å². The molecule has 166 valence electrons. The van der Waals surface area contributed by atoms with E-state index in [0.717, 1.165) is 41.0 Å². The number of nitrogens with one attached hydrogen (secondary N) is 1. The maximum atomic E-state index is 14.2. The minimum Gasteiger partial charge on any atom is -0.494 e. The predicted molar refractivity (Wildman–Crippen MR) is 125 cm³/mol. The van der Waals surface area contributed by atoms with Crippen LogP contribution in [-0.4, -0.2) is 20.8 Å². The van der Waals surface area contributed by atoms with Gasteiger partial charge in [0.25, 0.3) is 0 Å². The molecular weight excluding hydrogens is 405 g/mol. The molecule has 1 heterocycles. The predicted octanol–water partition coefficient (Wildman–Crippen LogP) is 5.63. The van der Waals surface area contributed by atoms with Gasteiger partial charge < -0.3 is 19.5 Å². The lowest BCUT2D eigenvalue weighted by molar-refractivity contribution is 0.283. The first-order chi connectivity index (χ1) is 15.6. The van der Waals surface area contributed by atoms with Crippen LogP contribution in [0, 0.1) is 12.7 Å². The molecule has 0 fully saturated rings. The summed E-state index contributed by atoms with van der Waals surface area (Å²) in [7, 11) is 3.13.